The van der Waals surface area contributed by atoms with E-state index in [1.807, 2.05) is 20.8 Å². The third-order valence-corrected chi connectivity index (χ3v) is 9.77. The second-order valence-corrected chi connectivity index (χ2v) is 14.5. The zero-order chi connectivity index (χ0) is 16.2. The van der Waals surface area contributed by atoms with E-state index >= 15 is 0 Å². The van der Waals surface area contributed by atoms with Gasteiger partial charge in [-0.15, -0.1) is 11.6 Å². The summed E-state index contributed by atoms with van der Waals surface area (Å²) in [7, 11) is -1.82. The summed E-state index contributed by atoms with van der Waals surface area (Å²) in [5.41, 5.74) is 0. The van der Waals surface area contributed by atoms with Crippen LogP contribution < -0.4 is 0 Å². The lowest BCUT2D eigenvalue weighted by Crippen LogP contribution is -2.44. The minimum absolute atomic E-state index is 0.0572. The maximum atomic E-state index is 11.8. The molecule has 0 saturated carbocycles. The fourth-order valence-electron chi connectivity index (χ4n) is 1.12. The highest BCUT2D eigenvalue weighted by Crippen LogP contribution is 2.37. The Morgan fingerprint density at radius 3 is 2.10 bits per heavy atom. The first kappa shape index (κ1) is 20.4. The van der Waals surface area contributed by atoms with Gasteiger partial charge in [0.05, 0.1) is 12.3 Å². The molecule has 0 fully saturated rings. The third kappa shape index (κ3) is 6.94. The lowest BCUT2D eigenvalue weighted by Gasteiger charge is -2.38. The molecular weight excluding hydrogens is 310 g/mol. The van der Waals surface area contributed by atoms with Crippen molar-refractivity contribution in [1.29, 1.82) is 0 Å². The summed E-state index contributed by atoms with van der Waals surface area (Å²) in [6.07, 6.45) is 2.25. The van der Waals surface area contributed by atoms with Crippen molar-refractivity contribution >= 4 is 37.5 Å². The van der Waals surface area contributed by atoms with Crippen LogP contribution in [0.2, 0.25) is 18.1 Å². The SMILES string of the molecule is CC(C)(C)[S+]([O-])N=CC[C@H](CCl)O[Si](C)(C)C(C)(C)C. The van der Waals surface area contributed by atoms with Crippen molar-refractivity contribution in [2.45, 2.75) is 76.9 Å². The molecular formula is C14H30ClNO2SSi. The molecule has 0 radical (unpaired) electrons. The molecule has 6 heteroatoms. The summed E-state index contributed by atoms with van der Waals surface area (Å²) in [4.78, 5) is 0. The highest BCUT2D eigenvalue weighted by atomic mass is 35.5. The van der Waals surface area contributed by atoms with Crippen LogP contribution in [0.3, 0.4) is 0 Å². The topological polar surface area (TPSA) is 44.7 Å². The summed E-state index contributed by atoms with van der Waals surface area (Å²) < 4.78 is 21.8. The van der Waals surface area contributed by atoms with E-state index in [9.17, 15) is 4.55 Å². The van der Waals surface area contributed by atoms with Crippen LogP contribution in [-0.4, -0.2) is 35.8 Å². The number of hydrogen-bond donors (Lipinski definition) is 0. The molecule has 2 atom stereocenters. The van der Waals surface area contributed by atoms with Gasteiger partial charge in [0.15, 0.2) is 8.32 Å². The van der Waals surface area contributed by atoms with Crippen molar-refractivity contribution < 1.29 is 8.98 Å². The molecule has 0 aromatic carbocycles. The first-order valence-electron chi connectivity index (χ1n) is 6.99. The second-order valence-electron chi connectivity index (χ2n) is 7.54. The number of rotatable bonds is 6. The molecule has 0 heterocycles. The molecule has 120 valence electrons. The van der Waals surface area contributed by atoms with Crippen molar-refractivity contribution in [1.82, 2.24) is 0 Å². The van der Waals surface area contributed by atoms with Crippen molar-refractivity contribution in [2.75, 3.05) is 5.88 Å². The average molecular weight is 340 g/mol. The van der Waals surface area contributed by atoms with E-state index in [0.29, 0.717) is 12.3 Å². The lowest BCUT2D eigenvalue weighted by molar-refractivity contribution is 0.210. The second kappa shape index (κ2) is 7.63. The molecule has 0 amide bonds. The molecule has 0 N–H and O–H groups in total. The Hall–Kier alpha value is 0.447. The predicted octanol–water partition coefficient (Wildman–Crippen LogP) is 4.54. The van der Waals surface area contributed by atoms with Crippen LogP contribution in [0.15, 0.2) is 4.40 Å². The molecule has 0 aliphatic heterocycles. The molecule has 0 aliphatic carbocycles. The maximum absolute atomic E-state index is 11.8. The van der Waals surface area contributed by atoms with Gasteiger partial charge in [-0.25, -0.2) is 0 Å². The van der Waals surface area contributed by atoms with Crippen LogP contribution in [0, 0.1) is 0 Å². The summed E-state index contributed by atoms with van der Waals surface area (Å²) in [6, 6.07) is 0. The fraction of sp³-hybridized carbons (Fsp3) is 0.929. The van der Waals surface area contributed by atoms with E-state index in [1.165, 1.54) is 0 Å². The van der Waals surface area contributed by atoms with Gasteiger partial charge in [-0.2, -0.15) is 0 Å². The van der Waals surface area contributed by atoms with E-state index in [0.717, 1.165) is 0 Å². The number of alkyl halides is 1. The monoisotopic (exact) mass is 339 g/mol. The summed E-state index contributed by atoms with van der Waals surface area (Å²) >= 11 is 4.77. The third-order valence-electron chi connectivity index (χ3n) is 3.50. The average Bonchev–Trinajstić information content (AvgIpc) is 2.24. The number of nitrogens with zero attached hydrogens (tertiary/aromatic N) is 1. The summed E-state index contributed by atoms with van der Waals surface area (Å²) in [5, 5.41) is 0.155. The molecule has 20 heavy (non-hydrogen) atoms. The zero-order valence-electron chi connectivity index (χ0n) is 14.1. The fourth-order valence-corrected chi connectivity index (χ4v) is 3.32. The molecule has 0 saturated heterocycles. The van der Waals surface area contributed by atoms with Gasteiger partial charge in [-0.3, -0.25) is 0 Å². The van der Waals surface area contributed by atoms with Gasteiger partial charge in [0.25, 0.3) is 0 Å². The largest absolute Gasteiger partial charge is 0.591 e. The van der Waals surface area contributed by atoms with Gasteiger partial charge in [-0.05, 0) is 38.9 Å². The van der Waals surface area contributed by atoms with Crippen LogP contribution in [0.4, 0.5) is 0 Å². The number of hydrogen-bond acceptors (Lipinski definition) is 3. The zero-order valence-corrected chi connectivity index (χ0v) is 16.7. The Labute approximate surface area is 134 Å². The van der Waals surface area contributed by atoms with Gasteiger partial charge in [0.1, 0.15) is 16.1 Å². The first-order chi connectivity index (χ1) is 8.81. The minimum Gasteiger partial charge on any atom is -0.591 e. The standard InChI is InChI=1S/C14H30ClNO2SSi/c1-13(2,3)19(17)16-10-9-12(11-15)18-20(7,8)14(4,5)6/h10,12H,9,11H2,1-8H3/t12-,19?/m1/s1. The Balaban J connectivity index is 4.56. The maximum Gasteiger partial charge on any atom is 0.192 e. The van der Waals surface area contributed by atoms with E-state index in [-0.39, 0.29) is 15.9 Å². The molecule has 0 spiro atoms. The Morgan fingerprint density at radius 1 is 1.25 bits per heavy atom. The van der Waals surface area contributed by atoms with Crippen LogP contribution >= 0.6 is 11.6 Å². The predicted molar refractivity (Wildman–Crippen MR) is 93.8 cm³/mol. The molecule has 0 bridgehead atoms. The Morgan fingerprint density at radius 2 is 1.75 bits per heavy atom. The van der Waals surface area contributed by atoms with Crippen molar-refractivity contribution in [3.8, 4) is 0 Å². The first-order valence-corrected chi connectivity index (χ1v) is 11.5. The molecule has 0 rings (SSSR count). The van der Waals surface area contributed by atoms with Gasteiger partial charge in [0, 0.05) is 12.3 Å². The quantitative estimate of drug-likeness (QED) is 0.308. The minimum atomic E-state index is -1.82. The molecule has 1 unspecified atom stereocenters. The highest BCUT2D eigenvalue weighted by molar-refractivity contribution is 7.91. The van der Waals surface area contributed by atoms with E-state index in [1.54, 1.807) is 6.21 Å². The van der Waals surface area contributed by atoms with Gasteiger partial charge < -0.3 is 8.98 Å². The van der Waals surface area contributed by atoms with E-state index < -0.39 is 19.7 Å². The molecule has 0 aromatic heterocycles. The van der Waals surface area contributed by atoms with Gasteiger partial charge in [0.2, 0.25) is 0 Å². The van der Waals surface area contributed by atoms with Crippen LogP contribution in [0.25, 0.3) is 0 Å². The van der Waals surface area contributed by atoms with Crippen molar-refractivity contribution in [2.24, 2.45) is 4.40 Å². The van der Waals surface area contributed by atoms with Crippen molar-refractivity contribution in [3.05, 3.63) is 0 Å². The van der Waals surface area contributed by atoms with Gasteiger partial charge in [-0.1, -0.05) is 25.2 Å². The van der Waals surface area contributed by atoms with Crippen LogP contribution in [-0.2, 0) is 15.8 Å². The van der Waals surface area contributed by atoms with Crippen molar-refractivity contribution in [3.63, 3.8) is 0 Å². The Kier molecular flexibility index (Phi) is 7.80. The van der Waals surface area contributed by atoms with Gasteiger partial charge >= 0.3 is 0 Å². The van der Waals surface area contributed by atoms with E-state index in [2.05, 4.69) is 38.3 Å². The molecule has 0 aromatic rings. The molecule has 3 nitrogen and oxygen atoms in total. The summed E-state index contributed by atoms with van der Waals surface area (Å²) in [6.45, 7) is 16.7. The summed E-state index contributed by atoms with van der Waals surface area (Å²) in [5.74, 6) is 0.431. The number of halogens is 1. The van der Waals surface area contributed by atoms with E-state index in [4.69, 9.17) is 16.0 Å². The smallest absolute Gasteiger partial charge is 0.192 e. The van der Waals surface area contributed by atoms with Crippen LogP contribution in [0.5, 0.6) is 0 Å². The molecule has 0 aliphatic rings. The lowest BCUT2D eigenvalue weighted by atomic mass is 10.2. The Bertz CT molecular complexity index is 324. The normalized spacial score (nSPS) is 17.5. The van der Waals surface area contributed by atoms with Crippen LogP contribution in [0.1, 0.15) is 48.0 Å². The highest BCUT2D eigenvalue weighted by Gasteiger charge is 2.38.